The number of benzene rings is 3. The predicted octanol–water partition coefficient (Wildman–Crippen LogP) is 5.57. The Hall–Kier alpha value is -4.27. The first-order valence-electron chi connectivity index (χ1n) is 11.7. The molecule has 1 atom stereocenters. The zero-order chi connectivity index (χ0) is 25.8. The second kappa shape index (κ2) is 10.8. The molecule has 0 saturated heterocycles. The fourth-order valence-corrected chi connectivity index (χ4v) is 5.02. The minimum atomic E-state index is -1.01. The van der Waals surface area contributed by atoms with Crippen molar-refractivity contribution in [3.63, 3.8) is 0 Å². The highest BCUT2D eigenvalue weighted by molar-refractivity contribution is 7.18. The van der Waals surface area contributed by atoms with Crippen molar-refractivity contribution in [2.24, 2.45) is 5.73 Å². The molecular weight excluding hydrogens is 486 g/mol. The van der Waals surface area contributed by atoms with E-state index >= 15 is 0 Å². The number of hydrogen-bond donors (Lipinski definition) is 2. The molecule has 0 amide bonds. The quantitative estimate of drug-likeness (QED) is 0.266. The number of methoxy groups -OCH3 is 1. The summed E-state index contributed by atoms with van der Waals surface area (Å²) in [7, 11) is 1.66. The van der Waals surface area contributed by atoms with E-state index in [1.807, 2.05) is 60.0 Å². The Balaban J connectivity index is 1.30. The third kappa shape index (κ3) is 5.45. The lowest BCUT2D eigenvalue weighted by Crippen LogP contribution is -2.32. The molecule has 186 valence electrons. The molecule has 2 heterocycles. The summed E-state index contributed by atoms with van der Waals surface area (Å²) in [5.41, 5.74) is 12.5. The van der Waals surface area contributed by atoms with E-state index in [4.69, 9.17) is 20.3 Å². The lowest BCUT2D eigenvalue weighted by molar-refractivity contribution is -0.138. The molecule has 0 spiro atoms. The van der Waals surface area contributed by atoms with Crippen LogP contribution in [0.2, 0.25) is 0 Å². The Bertz CT molecular complexity index is 1530. The van der Waals surface area contributed by atoms with Crippen molar-refractivity contribution in [2.45, 2.75) is 19.1 Å². The van der Waals surface area contributed by atoms with Gasteiger partial charge >= 0.3 is 5.97 Å². The van der Waals surface area contributed by atoms with Gasteiger partial charge < -0.3 is 20.3 Å². The normalized spacial score (nSPS) is 11.8. The standard InChI is InChI=1S/C29H25N3O4S/c1-35-23-4-2-3-22(14-23)20-9-7-19(8-10-20)15-36-28-27-26(31-17-32-28)24(16-37-27)21-11-5-18(6-12-21)13-25(30)29(33)34/h2-12,14,16-17,25H,13,15,30H2,1H3,(H,33,34)/t25-/m0/s1. The van der Waals surface area contributed by atoms with Crippen LogP contribution in [0.5, 0.6) is 11.6 Å². The topological polar surface area (TPSA) is 108 Å². The Kier molecular flexibility index (Phi) is 7.11. The zero-order valence-electron chi connectivity index (χ0n) is 20.1. The van der Waals surface area contributed by atoms with Gasteiger partial charge in [-0.05, 0) is 46.4 Å². The second-order valence-electron chi connectivity index (χ2n) is 8.57. The van der Waals surface area contributed by atoms with Gasteiger partial charge in [0.1, 0.15) is 29.4 Å². The van der Waals surface area contributed by atoms with Crippen LogP contribution in [0.15, 0.2) is 84.5 Å². The highest BCUT2D eigenvalue weighted by Gasteiger charge is 2.15. The maximum absolute atomic E-state index is 11.0. The van der Waals surface area contributed by atoms with E-state index < -0.39 is 12.0 Å². The maximum Gasteiger partial charge on any atom is 0.320 e. The average Bonchev–Trinajstić information content (AvgIpc) is 3.37. The first-order valence-corrected chi connectivity index (χ1v) is 12.6. The summed E-state index contributed by atoms with van der Waals surface area (Å²) >= 11 is 1.53. The molecule has 0 bridgehead atoms. The molecule has 0 radical (unpaired) electrons. The van der Waals surface area contributed by atoms with Gasteiger partial charge in [-0.15, -0.1) is 11.3 Å². The largest absolute Gasteiger partial charge is 0.497 e. The SMILES string of the molecule is COc1cccc(-c2ccc(COc3ncnc4c(-c5ccc(C[C@H](N)C(=O)O)cc5)csc34)cc2)c1. The van der Waals surface area contributed by atoms with Crippen molar-refractivity contribution in [1.82, 2.24) is 9.97 Å². The summed E-state index contributed by atoms with van der Waals surface area (Å²) in [5.74, 6) is 0.360. The van der Waals surface area contributed by atoms with E-state index in [9.17, 15) is 4.79 Å². The summed E-state index contributed by atoms with van der Waals surface area (Å²) < 4.78 is 12.3. The van der Waals surface area contributed by atoms with Crippen LogP contribution in [-0.2, 0) is 17.8 Å². The van der Waals surface area contributed by atoms with Crippen LogP contribution >= 0.6 is 11.3 Å². The molecule has 0 fully saturated rings. The molecule has 3 aromatic carbocycles. The van der Waals surface area contributed by atoms with Crippen molar-refractivity contribution in [2.75, 3.05) is 7.11 Å². The molecule has 5 aromatic rings. The van der Waals surface area contributed by atoms with Crippen molar-refractivity contribution >= 4 is 27.5 Å². The van der Waals surface area contributed by atoms with Crippen LogP contribution < -0.4 is 15.2 Å². The summed E-state index contributed by atoms with van der Waals surface area (Å²) in [5, 5.41) is 11.1. The van der Waals surface area contributed by atoms with E-state index in [2.05, 4.69) is 28.2 Å². The molecule has 0 aliphatic carbocycles. The maximum atomic E-state index is 11.0. The fraction of sp³-hybridized carbons (Fsp3) is 0.138. The van der Waals surface area contributed by atoms with E-state index in [1.54, 1.807) is 7.11 Å². The molecule has 0 aliphatic rings. The number of hydrogen-bond acceptors (Lipinski definition) is 7. The van der Waals surface area contributed by atoms with E-state index in [1.165, 1.54) is 17.7 Å². The van der Waals surface area contributed by atoms with Crippen LogP contribution in [0.1, 0.15) is 11.1 Å². The van der Waals surface area contributed by atoms with Gasteiger partial charge in [0.25, 0.3) is 0 Å². The van der Waals surface area contributed by atoms with Gasteiger partial charge in [0.15, 0.2) is 0 Å². The molecule has 3 N–H and O–H groups in total. The van der Waals surface area contributed by atoms with E-state index in [0.717, 1.165) is 49.3 Å². The predicted molar refractivity (Wildman–Crippen MR) is 145 cm³/mol. The molecule has 5 rings (SSSR count). The van der Waals surface area contributed by atoms with Crippen LogP contribution in [0.4, 0.5) is 0 Å². The minimum Gasteiger partial charge on any atom is -0.497 e. The van der Waals surface area contributed by atoms with Gasteiger partial charge in [0.2, 0.25) is 5.88 Å². The summed E-state index contributed by atoms with van der Waals surface area (Å²) in [4.78, 5) is 19.9. The highest BCUT2D eigenvalue weighted by Crippen LogP contribution is 2.37. The Labute approximate surface area is 218 Å². The van der Waals surface area contributed by atoms with Gasteiger partial charge in [-0.2, -0.15) is 0 Å². The van der Waals surface area contributed by atoms with Gasteiger partial charge in [0.05, 0.1) is 12.6 Å². The van der Waals surface area contributed by atoms with Crippen LogP contribution in [0.3, 0.4) is 0 Å². The fourth-order valence-electron chi connectivity index (χ4n) is 4.05. The number of fused-ring (bicyclic) bond motifs is 1. The summed E-state index contributed by atoms with van der Waals surface area (Å²) in [6.45, 7) is 0.385. The van der Waals surface area contributed by atoms with Crippen molar-refractivity contribution < 1.29 is 19.4 Å². The molecule has 37 heavy (non-hydrogen) atoms. The zero-order valence-corrected chi connectivity index (χ0v) is 20.9. The van der Waals surface area contributed by atoms with Crippen LogP contribution in [0, 0.1) is 0 Å². The third-order valence-corrected chi connectivity index (χ3v) is 7.05. The number of aliphatic carboxylic acids is 1. The van der Waals surface area contributed by atoms with E-state index in [-0.39, 0.29) is 6.42 Å². The van der Waals surface area contributed by atoms with Crippen molar-refractivity contribution in [3.05, 3.63) is 95.6 Å². The molecule has 0 unspecified atom stereocenters. The summed E-state index contributed by atoms with van der Waals surface area (Å²) in [6, 6.07) is 23.0. The monoisotopic (exact) mass is 511 g/mol. The van der Waals surface area contributed by atoms with Gasteiger partial charge in [-0.3, -0.25) is 4.79 Å². The Morgan fingerprint density at radius 2 is 1.70 bits per heavy atom. The number of nitrogens with two attached hydrogens (primary N) is 1. The van der Waals surface area contributed by atoms with Crippen molar-refractivity contribution in [3.8, 4) is 33.9 Å². The smallest absolute Gasteiger partial charge is 0.320 e. The summed E-state index contributed by atoms with van der Waals surface area (Å²) in [6.07, 6.45) is 1.79. The number of ether oxygens (including phenoxy) is 2. The molecule has 0 aliphatic heterocycles. The number of thiophene rings is 1. The lowest BCUT2D eigenvalue weighted by Gasteiger charge is -2.09. The number of rotatable bonds is 9. The number of carboxylic acids is 1. The van der Waals surface area contributed by atoms with Crippen LogP contribution in [0.25, 0.3) is 32.5 Å². The number of carboxylic acid groups (broad SMARTS) is 1. The van der Waals surface area contributed by atoms with E-state index in [0.29, 0.717) is 12.5 Å². The van der Waals surface area contributed by atoms with Crippen LogP contribution in [-0.4, -0.2) is 34.2 Å². The molecular formula is C29H25N3O4S. The average molecular weight is 512 g/mol. The molecule has 2 aromatic heterocycles. The number of aromatic nitrogens is 2. The van der Waals surface area contributed by atoms with Gasteiger partial charge in [-0.25, -0.2) is 9.97 Å². The van der Waals surface area contributed by atoms with Gasteiger partial charge in [0, 0.05) is 10.9 Å². The minimum absolute atomic E-state index is 0.278. The molecule has 8 heteroatoms. The van der Waals surface area contributed by atoms with Gasteiger partial charge in [-0.1, -0.05) is 60.7 Å². The molecule has 0 saturated carbocycles. The first-order chi connectivity index (χ1) is 18.0. The second-order valence-corrected chi connectivity index (χ2v) is 9.45. The Morgan fingerprint density at radius 1 is 0.973 bits per heavy atom. The number of nitrogens with zero attached hydrogens (tertiary/aromatic N) is 2. The molecule has 7 nitrogen and oxygen atoms in total. The Morgan fingerprint density at radius 3 is 2.43 bits per heavy atom. The van der Waals surface area contributed by atoms with Crippen molar-refractivity contribution in [1.29, 1.82) is 0 Å². The third-order valence-electron chi connectivity index (χ3n) is 6.09. The number of carbonyl (C=O) groups is 1. The highest BCUT2D eigenvalue weighted by atomic mass is 32.1. The first kappa shape index (κ1) is 24.4. The lowest BCUT2D eigenvalue weighted by atomic mass is 10.0.